The molecule has 29 heavy (non-hydrogen) atoms. The molecule has 0 aliphatic heterocycles. The molecule has 1 amide bonds. The van der Waals surface area contributed by atoms with Crippen LogP contribution in [0.2, 0.25) is 0 Å². The van der Waals surface area contributed by atoms with Crippen molar-refractivity contribution in [3.8, 4) is 5.69 Å². The average molecular weight is 387 g/mol. The van der Waals surface area contributed by atoms with Crippen molar-refractivity contribution in [1.29, 1.82) is 0 Å². The largest absolute Gasteiger partial charge is 0.352 e. The molecule has 0 bridgehead atoms. The molecule has 5 rings (SSSR count). The molecule has 0 saturated heterocycles. The quantitative estimate of drug-likeness (QED) is 0.547. The number of hydrogen-bond acceptors (Lipinski definition) is 5. The standard InChI is InChI=1S/C22H21N5O2/c1-14-20-18(11-19(16-7-8-16)25-22(20)29-26-14)21(28)23-10-9-15-12-24-27(13-15)17-5-3-2-4-6-17/h2-6,11-13,16H,7-10H2,1H3,(H,23,28). The number of para-hydroxylation sites is 1. The molecule has 1 N–H and O–H groups in total. The summed E-state index contributed by atoms with van der Waals surface area (Å²) >= 11 is 0. The molecule has 1 saturated carbocycles. The molecule has 3 aromatic heterocycles. The summed E-state index contributed by atoms with van der Waals surface area (Å²) in [7, 11) is 0. The molecule has 0 atom stereocenters. The van der Waals surface area contributed by atoms with Gasteiger partial charge in [0.05, 0.1) is 28.5 Å². The van der Waals surface area contributed by atoms with Crippen molar-refractivity contribution < 1.29 is 9.32 Å². The van der Waals surface area contributed by atoms with Crippen LogP contribution in [0.3, 0.4) is 0 Å². The van der Waals surface area contributed by atoms with Gasteiger partial charge in [-0.1, -0.05) is 23.4 Å². The van der Waals surface area contributed by atoms with Crippen LogP contribution in [0.1, 0.15) is 46.1 Å². The van der Waals surface area contributed by atoms with Crippen LogP contribution in [0, 0.1) is 6.92 Å². The number of nitrogens with zero attached hydrogens (tertiary/aromatic N) is 4. The van der Waals surface area contributed by atoms with E-state index >= 15 is 0 Å². The summed E-state index contributed by atoms with van der Waals surface area (Å²) in [6.45, 7) is 2.35. The molecule has 7 heteroatoms. The predicted molar refractivity (Wildman–Crippen MR) is 108 cm³/mol. The van der Waals surface area contributed by atoms with E-state index in [1.807, 2.05) is 60.4 Å². The van der Waals surface area contributed by atoms with E-state index in [1.165, 1.54) is 0 Å². The molecular formula is C22H21N5O2. The summed E-state index contributed by atoms with van der Waals surface area (Å²) in [5, 5.41) is 12.1. The van der Waals surface area contributed by atoms with Crippen molar-refractivity contribution in [3.05, 3.63) is 71.3 Å². The molecule has 1 aliphatic rings. The van der Waals surface area contributed by atoms with Gasteiger partial charge in [-0.15, -0.1) is 0 Å². The van der Waals surface area contributed by atoms with Gasteiger partial charge < -0.3 is 9.84 Å². The number of benzene rings is 1. The second kappa shape index (κ2) is 7.16. The first kappa shape index (κ1) is 17.6. The molecule has 4 aromatic rings. The molecule has 0 unspecified atom stereocenters. The van der Waals surface area contributed by atoms with Crippen LogP contribution < -0.4 is 5.32 Å². The Morgan fingerprint density at radius 1 is 1.28 bits per heavy atom. The highest BCUT2D eigenvalue weighted by atomic mass is 16.5. The van der Waals surface area contributed by atoms with Gasteiger partial charge in [0.25, 0.3) is 11.6 Å². The van der Waals surface area contributed by atoms with Gasteiger partial charge in [0.2, 0.25) is 0 Å². The Labute approximate surface area is 167 Å². The van der Waals surface area contributed by atoms with Crippen molar-refractivity contribution >= 4 is 17.0 Å². The number of aryl methyl sites for hydroxylation is 1. The number of nitrogens with one attached hydrogen (secondary N) is 1. The number of amides is 1. The number of pyridine rings is 1. The van der Waals surface area contributed by atoms with E-state index in [0.29, 0.717) is 41.2 Å². The fraction of sp³-hybridized carbons (Fsp3) is 0.273. The van der Waals surface area contributed by atoms with E-state index in [0.717, 1.165) is 29.8 Å². The van der Waals surface area contributed by atoms with Crippen LogP contribution in [-0.4, -0.2) is 32.4 Å². The number of aromatic nitrogens is 4. The third-order valence-corrected chi connectivity index (χ3v) is 5.23. The van der Waals surface area contributed by atoms with E-state index in [4.69, 9.17) is 4.52 Å². The van der Waals surface area contributed by atoms with E-state index in [9.17, 15) is 4.79 Å². The first-order valence-electron chi connectivity index (χ1n) is 9.83. The zero-order valence-corrected chi connectivity index (χ0v) is 16.1. The number of fused-ring (bicyclic) bond motifs is 1. The van der Waals surface area contributed by atoms with Crippen LogP contribution >= 0.6 is 0 Å². The molecule has 3 heterocycles. The first-order valence-corrected chi connectivity index (χ1v) is 9.83. The Bertz CT molecular complexity index is 1170. The van der Waals surface area contributed by atoms with Crippen LogP contribution in [0.4, 0.5) is 0 Å². The minimum Gasteiger partial charge on any atom is -0.352 e. The third kappa shape index (κ3) is 3.51. The summed E-state index contributed by atoms with van der Waals surface area (Å²) < 4.78 is 7.16. The van der Waals surface area contributed by atoms with Crippen molar-refractivity contribution in [2.75, 3.05) is 6.54 Å². The zero-order valence-electron chi connectivity index (χ0n) is 16.1. The summed E-state index contributed by atoms with van der Waals surface area (Å²) in [5.41, 5.74) is 4.72. The third-order valence-electron chi connectivity index (χ3n) is 5.23. The lowest BCUT2D eigenvalue weighted by Gasteiger charge is -2.07. The summed E-state index contributed by atoms with van der Waals surface area (Å²) in [6.07, 6.45) is 6.74. The van der Waals surface area contributed by atoms with Crippen LogP contribution in [0.25, 0.3) is 16.8 Å². The number of rotatable bonds is 6. The van der Waals surface area contributed by atoms with Gasteiger partial charge in [-0.05, 0) is 49.9 Å². The number of carbonyl (C=O) groups is 1. The molecule has 0 radical (unpaired) electrons. The molecule has 146 valence electrons. The molecule has 1 aromatic carbocycles. The van der Waals surface area contributed by atoms with Gasteiger partial charge in [0, 0.05) is 24.4 Å². The summed E-state index contributed by atoms with van der Waals surface area (Å²) in [5.74, 6) is 0.307. The Morgan fingerprint density at radius 2 is 2.10 bits per heavy atom. The van der Waals surface area contributed by atoms with Crippen LogP contribution in [0.5, 0.6) is 0 Å². The highest BCUT2D eigenvalue weighted by Crippen LogP contribution is 2.40. The van der Waals surface area contributed by atoms with E-state index in [-0.39, 0.29) is 5.91 Å². The minimum absolute atomic E-state index is 0.124. The number of carbonyl (C=O) groups excluding carboxylic acids is 1. The monoisotopic (exact) mass is 387 g/mol. The average Bonchev–Trinajstić information content (AvgIpc) is 3.39. The van der Waals surface area contributed by atoms with Gasteiger partial charge in [-0.2, -0.15) is 5.10 Å². The predicted octanol–water partition coefficient (Wildman–Crippen LogP) is 3.57. The Morgan fingerprint density at radius 3 is 2.90 bits per heavy atom. The van der Waals surface area contributed by atoms with Crippen molar-refractivity contribution in [1.82, 2.24) is 25.2 Å². The maximum absolute atomic E-state index is 12.9. The van der Waals surface area contributed by atoms with Gasteiger partial charge in [-0.25, -0.2) is 9.67 Å². The lowest BCUT2D eigenvalue weighted by atomic mass is 10.1. The second-order valence-corrected chi connectivity index (χ2v) is 7.45. The van der Waals surface area contributed by atoms with Gasteiger partial charge in [-0.3, -0.25) is 4.79 Å². The fourth-order valence-electron chi connectivity index (χ4n) is 3.51. The Hall–Kier alpha value is -3.48. The topological polar surface area (TPSA) is 85.8 Å². The van der Waals surface area contributed by atoms with Crippen molar-refractivity contribution in [3.63, 3.8) is 0 Å². The first-order chi connectivity index (χ1) is 14.2. The second-order valence-electron chi connectivity index (χ2n) is 7.45. The van der Waals surface area contributed by atoms with Crippen LogP contribution in [-0.2, 0) is 6.42 Å². The van der Waals surface area contributed by atoms with Crippen molar-refractivity contribution in [2.24, 2.45) is 0 Å². The van der Waals surface area contributed by atoms with E-state index in [1.54, 1.807) is 0 Å². The molecular weight excluding hydrogens is 366 g/mol. The fourth-order valence-corrected chi connectivity index (χ4v) is 3.51. The molecule has 0 spiro atoms. The highest BCUT2D eigenvalue weighted by molar-refractivity contribution is 6.06. The van der Waals surface area contributed by atoms with Crippen molar-refractivity contribution in [2.45, 2.75) is 32.1 Å². The minimum atomic E-state index is -0.124. The van der Waals surface area contributed by atoms with Crippen LogP contribution in [0.15, 0.2) is 53.3 Å². The lowest BCUT2D eigenvalue weighted by molar-refractivity contribution is 0.0955. The molecule has 7 nitrogen and oxygen atoms in total. The smallest absolute Gasteiger partial charge is 0.259 e. The summed E-state index contributed by atoms with van der Waals surface area (Å²) in [6, 6.07) is 11.8. The molecule has 1 aliphatic carbocycles. The number of hydrogen-bond donors (Lipinski definition) is 1. The Balaban J connectivity index is 1.29. The van der Waals surface area contributed by atoms with E-state index < -0.39 is 0 Å². The lowest BCUT2D eigenvalue weighted by Crippen LogP contribution is -2.26. The normalized spacial score (nSPS) is 13.7. The van der Waals surface area contributed by atoms with Gasteiger partial charge >= 0.3 is 0 Å². The SMILES string of the molecule is Cc1noc2nc(C3CC3)cc(C(=O)NCCc3cnn(-c4ccccc4)c3)c12. The summed E-state index contributed by atoms with van der Waals surface area (Å²) in [4.78, 5) is 17.4. The maximum Gasteiger partial charge on any atom is 0.259 e. The van der Waals surface area contributed by atoms with E-state index in [2.05, 4.69) is 20.6 Å². The highest BCUT2D eigenvalue weighted by Gasteiger charge is 2.28. The molecule has 1 fully saturated rings. The maximum atomic E-state index is 12.9. The van der Waals surface area contributed by atoms with Gasteiger partial charge in [0.15, 0.2) is 0 Å². The zero-order chi connectivity index (χ0) is 19.8. The van der Waals surface area contributed by atoms with Gasteiger partial charge in [0.1, 0.15) is 0 Å². The Kier molecular flexibility index (Phi) is 4.35.